The van der Waals surface area contributed by atoms with Crippen LogP contribution >= 0.6 is 23.4 Å². The summed E-state index contributed by atoms with van der Waals surface area (Å²) in [6, 6.07) is 6.18. The van der Waals surface area contributed by atoms with Crippen LogP contribution in [0.4, 0.5) is 0 Å². The molecule has 0 saturated carbocycles. The molecule has 0 radical (unpaired) electrons. The second kappa shape index (κ2) is 5.29. The van der Waals surface area contributed by atoms with Crippen LogP contribution in [0.5, 0.6) is 0 Å². The second-order valence-electron chi connectivity index (χ2n) is 2.96. The van der Waals surface area contributed by atoms with Crippen LogP contribution in [0.2, 0.25) is 5.02 Å². The number of thioether (sulfide) groups is 1. The minimum absolute atomic E-state index is 0.449. The van der Waals surface area contributed by atoms with Crippen molar-refractivity contribution in [1.82, 2.24) is 0 Å². The van der Waals surface area contributed by atoms with Crippen molar-refractivity contribution in [2.75, 3.05) is 5.75 Å². The predicted octanol–water partition coefficient (Wildman–Crippen LogP) is 3.83. The molecule has 0 aromatic heterocycles. The molecule has 1 nitrogen and oxygen atoms in total. The standard InChI is InChI=1S/C11H12ClNS/c1-3-9-4-5-10(14-7-6-13)11(12)8(9)2/h4-5H,3,7H2,1-2H3. The maximum Gasteiger partial charge on any atom is 0.0855 e. The molecule has 0 bridgehead atoms. The SMILES string of the molecule is CCc1ccc(SCC#N)c(Cl)c1C. The summed E-state index contributed by atoms with van der Waals surface area (Å²) in [6.45, 7) is 4.14. The summed E-state index contributed by atoms with van der Waals surface area (Å²) < 4.78 is 0. The van der Waals surface area contributed by atoms with Crippen molar-refractivity contribution in [2.24, 2.45) is 0 Å². The molecule has 74 valence electrons. The Kier molecular flexibility index (Phi) is 4.31. The maximum absolute atomic E-state index is 8.47. The van der Waals surface area contributed by atoms with Crippen molar-refractivity contribution in [3.8, 4) is 6.07 Å². The number of nitrogens with zero attached hydrogens (tertiary/aromatic N) is 1. The van der Waals surface area contributed by atoms with Gasteiger partial charge in [-0.1, -0.05) is 24.6 Å². The van der Waals surface area contributed by atoms with Crippen molar-refractivity contribution in [2.45, 2.75) is 25.2 Å². The molecule has 1 aromatic rings. The summed E-state index contributed by atoms with van der Waals surface area (Å²) in [5.74, 6) is 0.449. The Morgan fingerprint density at radius 3 is 2.79 bits per heavy atom. The van der Waals surface area contributed by atoms with E-state index in [1.54, 1.807) is 0 Å². The molecule has 0 N–H and O–H groups in total. The highest BCUT2D eigenvalue weighted by molar-refractivity contribution is 7.99. The summed E-state index contributed by atoms with van der Waals surface area (Å²) in [6.07, 6.45) is 0.995. The number of aryl methyl sites for hydroxylation is 1. The van der Waals surface area contributed by atoms with Gasteiger partial charge in [-0.2, -0.15) is 5.26 Å². The van der Waals surface area contributed by atoms with Crippen LogP contribution in [0.1, 0.15) is 18.1 Å². The summed E-state index contributed by atoms with van der Waals surface area (Å²) in [7, 11) is 0. The van der Waals surface area contributed by atoms with Gasteiger partial charge < -0.3 is 0 Å². The molecule has 0 unspecified atom stereocenters. The smallest absolute Gasteiger partial charge is 0.0855 e. The van der Waals surface area contributed by atoms with E-state index in [4.69, 9.17) is 16.9 Å². The lowest BCUT2D eigenvalue weighted by molar-refractivity contribution is 1.10. The Morgan fingerprint density at radius 1 is 1.50 bits per heavy atom. The molecule has 0 heterocycles. The first-order valence-electron chi connectivity index (χ1n) is 4.48. The molecule has 3 heteroatoms. The zero-order valence-corrected chi connectivity index (χ0v) is 9.87. The molecule has 0 aliphatic rings. The van der Waals surface area contributed by atoms with Crippen molar-refractivity contribution in [3.05, 3.63) is 28.3 Å². The first kappa shape index (κ1) is 11.4. The van der Waals surface area contributed by atoms with E-state index in [9.17, 15) is 0 Å². The summed E-state index contributed by atoms with van der Waals surface area (Å²) in [5.41, 5.74) is 2.41. The highest BCUT2D eigenvalue weighted by atomic mass is 35.5. The molecular formula is C11H12ClNS. The molecule has 1 aromatic carbocycles. The van der Waals surface area contributed by atoms with Gasteiger partial charge in [-0.15, -0.1) is 11.8 Å². The van der Waals surface area contributed by atoms with Gasteiger partial charge in [0.2, 0.25) is 0 Å². The zero-order chi connectivity index (χ0) is 10.6. The highest BCUT2D eigenvalue weighted by Gasteiger charge is 2.06. The fraction of sp³-hybridized carbons (Fsp3) is 0.364. The Hall–Kier alpha value is -0.650. The third kappa shape index (κ3) is 2.43. The van der Waals surface area contributed by atoms with Crippen LogP contribution in [-0.2, 0) is 6.42 Å². The van der Waals surface area contributed by atoms with E-state index in [1.165, 1.54) is 17.3 Å². The Balaban J connectivity index is 2.99. The zero-order valence-electron chi connectivity index (χ0n) is 8.30. The Bertz CT molecular complexity index is 368. The second-order valence-corrected chi connectivity index (χ2v) is 4.36. The number of hydrogen-bond donors (Lipinski definition) is 0. The van der Waals surface area contributed by atoms with Crippen molar-refractivity contribution < 1.29 is 0 Å². The number of benzene rings is 1. The fourth-order valence-corrected chi connectivity index (χ4v) is 2.32. The van der Waals surface area contributed by atoms with E-state index in [0.717, 1.165) is 21.9 Å². The van der Waals surface area contributed by atoms with Crippen LogP contribution in [0, 0.1) is 18.3 Å². The van der Waals surface area contributed by atoms with E-state index in [1.807, 2.05) is 13.0 Å². The molecule has 1 rings (SSSR count). The van der Waals surface area contributed by atoms with Gasteiger partial charge in [0.1, 0.15) is 0 Å². The molecule has 0 aliphatic carbocycles. The Morgan fingerprint density at radius 2 is 2.21 bits per heavy atom. The molecular weight excluding hydrogens is 214 g/mol. The molecule has 0 amide bonds. The van der Waals surface area contributed by atoms with Crippen LogP contribution < -0.4 is 0 Å². The lowest BCUT2D eigenvalue weighted by atomic mass is 10.1. The van der Waals surface area contributed by atoms with Crippen LogP contribution in [0.25, 0.3) is 0 Å². The summed E-state index contributed by atoms with van der Waals surface area (Å²) >= 11 is 7.67. The lowest BCUT2D eigenvalue weighted by Crippen LogP contribution is -1.89. The van der Waals surface area contributed by atoms with Gasteiger partial charge >= 0.3 is 0 Å². The number of nitriles is 1. The first-order valence-corrected chi connectivity index (χ1v) is 5.84. The molecule has 0 saturated heterocycles. The predicted molar refractivity (Wildman–Crippen MR) is 61.9 cm³/mol. The summed E-state index contributed by atoms with van der Waals surface area (Å²) in [4.78, 5) is 1.00. The van der Waals surface area contributed by atoms with E-state index < -0.39 is 0 Å². The monoisotopic (exact) mass is 225 g/mol. The number of halogens is 1. The molecule has 14 heavy (non-hydrogen) atoms. The topological polar surface area (TPSA) is 23.8 Å². The Labute approximate surface area is 94.1 Å². The van der Waals surface area contributed by atoms with Gasteiger partial charge in [-0.3, -0.25) is 0 Å². The average molecular weight is 226 g/mol. The lowest BCUT2D eigenvalue weighted by Gasteiger charge is -2.08. The third-order valence-electron chi connectivity index (χ3n) is 2.14. The molecule has 0 fully saturated rings. The van der Waals surface area contributed by atoms with Crippen LogP contribution in [0.3, 0.4) is 0 Å². The normalized spacial score (nSPS) is 9.86. The van der Waals surface area contributed by atoms with Gasteiger partial charge in [0.05, 0.1) is 16.8 Å². The van der Waals surface area contributed by atoms with E-state index in [-0.39, 0.29) is 0 Å². The van der Waals surface area contributed by atoms with Crippen molar-refractivity contribution in [1.29, 1.82) is 5.26 Å². The van der Waals surface area contributed by atoms with Crippen LogP contribution in [0.15, 0.2) is 17.0 Å². The largest absolute Gasteiger partial charge is 0.197 e. The molecule has 0 atom stereocenters. The van der Waals surface area contributed by atoms with E-state index in [2.05, 4.69) is 19.1 Å². The van der Waals surface area contributed by atoms with Gasteiger partial charge in [-0.05, 0) is 30.5 Å². The maximum atomic E-state index is 8.47. The highest BCUT2D eigenvalue weighted by Crippen LogP contribution is 2.31. The first-order chi connectivity index (χ1) is 6.70. The van der Waals surface area contributed by atoms with Gasteiger partial charge in [-0.25, -0.2) is 0 Å². The fourth-order valence-electron chi connectivity index (χ4n) is 1.30. The van der Waals surface area contributed by atoms with E-state index >= 15 is 0 Å². The third-order valence-corrected chi connectivity index (χ3v) is 3.66. The van der Waals surface area contributed by atoms with Crippen molar-refractivity contribution in [3.63, 3.8) is 0 Å². The van der Waals surface area contributed by atoms with E-state index in [0.29, 0.717) is 5.75 Å². The summed E-state index contributed by atoms with van der Waals surface area (Å²) in [5, 5.41) is 9.27. The minimum Gasteiger partial charge on any atom is -0.197 e. The number of hydrogen-bond acceptors (Lipinski definition) is 2. The van der Waals surface area contributed by atoms with Gasteiger partial charge in [0.25, 0.3) is 0 Å². The van der Waals surface area contributed by atoms with Gasteiger partial charge in [0.15, 0.2) is 0 Å². The van der Waals surface area contributed by atoms with Crippen LogP contribution in [-0.4, -0.2) is 5.75 Å². The number of rotatable bonds is 3. The molecule has 0 aliphatic heterocycles. The minimum atomic E-state index is 0.449. The quantitative estimate of drug-likeness (QED) is 0.731. The average Bonchev–Trinajstić information content (AvgIpc) is 2.20. The van der Waals surface area contributed by atoms with Gasteiger partial charge in [0, 0.05) is 4.90 Å². The molecule has 0 spiro atoms. The van der Waals surface area contributed by atoms with Crippen molar-refractivity contribution >= 4 is 23.4 Å².